The van der Waals surface area contributed by atoms with Crippen molar-refractivity contribution in [3.8, 4) is 11.5 Å². The summed E-state index contributed by atoms with van der Waals surface area (Å²) in [7, 11) is 0. The van der Waals surface area contributed by atoms with E-state index in [0.29, 0.717) is 16.5 Å². The molecule has 0 amide bonds. The first-order chi connectivity index (χ1) is 5.65. The maximum atomic E-state index is 9.29. The molecule has 0 fully saturated rings. The number of benzene rings is 1. The zero-order valence-electron chi connectivity index (χ0n) is 6.29. The van der Waals surface area contributed by atoms with Crippen LogP contribution in [0.1, 0.15) is 5.56 Å². The molecule has 0 spiro atoms. The molecule has 0 heterocycles. The second-order valence-electron chi connectivity index (χ2n) is 2.41. The minimum atomic E-state index is -0.0470. The lowest BCUT2D eigenvalue weighted by Crippen LogP contribution is -1.90. The third-order valence-corrected chi connectivity index (χ3v) is 2.16. The van der Waals surface area contributed by atoms with E-state index in [2.05, 4.69) is 15.9 Å². The van der Waals surface area contributed by atoms with Crippen LogP contribution in [0.25, 0.3) is 0 Å². The summed E-state index contributed by atoms with van der Waals surface area (Å²) in [5.41, 5.74) is 0.540. The van der Waals surface area contributed by atoms with Gasteiger partial charge in [-0.1, -0.05) is 0 Å². The maximum absolute atomic E-state index is 9.29. The molecule has 3 nitrogen and oxygen atoms in total. The first-order valence-electron chi connectivity index (χ1n) is 3.46. The Bertz CT molecular complexity index is 286. The molecule has 0 radical (unpaired) electrons. The van der Waals surface area contributed by atoms with Crippen LogP contribution in [0, 0.1) is 0 Å². The van der Waals surface area contributed by atoms with Crippen molar-refractivity contribution in [2.24, 2.45) is 0 Å². The second kappa shape index (κ2) is 3.78. The highest BCUT2D eigenvalue weighted by molar-refractivity contribution is 9.10. The molecule has 3 N–H and O–H groups in total. The minimum absolute atomic E-state index is 0.0470. The van der Waals surface area contributed by atoms with E-state index < -0.39 is 0 Å². The molecular weight excluding hydrogens is 224 g/mol. The zero-order chi connectivity index (χ0) is 9.14. The number of aliphatic hydroxyl groups is 1. The molecule has 0 atom stereocenters. The Kier molecular flexibility index (Phi) is 2.94. The van der Waals surface area contributed by atoms with Crippen LogP contribution >= 0.6 is 15.9 Å². The Morgan fingerprint density at radius 1 is 1.17 bits per heavy atom. The van der Waals surface area contributed by atoms with Crippen LogP contribution in [0.4, 0.5) is 0 Å². The molecule has 0 saturated carbocycles. The average molecular weight is 233 g/mol. The van der Waals surface area contributed by atoms with Crippen molar-refractivity contribution in [3.05, 3.63) is 22.2 Å². The van der Waals surface area contributed by atoms with Gasteiger partial charge < -0.3 is 15.3 Å². The molecule has 0 aliphatic carbocycles. The fourth-order valence-corrected chi connectivity index (χ4v) is 1.25. The molecule has 0 aliphatic heterocycles. The SMILES string of the molecule is OCCc1cc(O)c(Br)cc1O. The molecule has 66 valence electrons. The van der Waals surface area contributed by atoms with Gasteiger partial charge in [-0.25, -0.2) is 0 Å². The number of aromatic hydroxyl groups is 2. The van der Waals surface area contributed by atoms with E-state index in [1.165, 1.54) is 12.1 Å². The van der Waals surface area contributed by atoms with Crippen LogP contribution in [0.3, 0.4) is 0 Å². The summed E-state index contributed by atoms with van der Waals surface area (Å²) < 4.78 is 0.446. The summed E-state index contributed by atoms with van der Waals surface area (Å²) in [6.45, 7) is -0.0470. The van der Waals surface area contributed by atoms with Gasteiger partial charge in [0.05, 0.1) is 4.47 Å². The number of hydrogen-bond acceptors (Lipinski definition) is 3. The summed E-state index contributed by atoms with van der Waals surface area (Å²) in [6, 6.07) is 2.83. The highest BCUT2D eigenvalue weighted by Gasteiger charge is 2.05. The van der Waals surface area contributed by atoms with E-state index in [1.54, 1.807) is 0 Å². The Labute approximate surface area is 78.4 Å². The van der Waals surface area contributed by atoms with E-state index in [1.807, 2.05) is 0 Å². The van der Waals surface area contributed by atoms with Crippen LogP contribution in [0.15, 0.2) is 16.6 Å². The lowest BCUT2D eigenvalue weighted by atomic mass is 10.1. The van der Waals surface area contributed by atoms with Crippen LogP contribution in [0.5, 0.6) is 11.5 Å². The van der Waals surface area contributed by atoms with Gasteiger partial charge in [-0.15, -0.1) is 0 Å². The highest BCUT2D eigenvalue weighted by Crippen LogP contribution is 2.31. The van der Waals surface area contributed by atoms with Crippen molar-refractivity contribution < 1.29 is 15.3 Å². The molecule has 0 unspecified atom stereocenters. The Morgan fingerprint density at radius 2 is 1.83 bits per heavy atom. The third kappa shape index (κ3) is 1.89. The zero-order valence-corrected chi connectivity index (χ0v) is 7.87. The summed E-state index contributed by atoms with van der Waals surface area (Å²) in [6.07, 6.45) is 0.340. The van der Waals surface area contributed by atoms with Crippen molar-refractivity contribution in [2.75, 3.05) is 6.61 Å². The highest BCUT2D eigenvalue weighted by atomic mass is 79.9. The van der Waals surface area contributed by atoms with Gasteiger partial charge in [-0.2, -0.15) is 0 Å². The Balaban J connectivity index is 3.05. The van der Waals surface area contributed by atoms with Crippen molar-refractivity contribution >= 4 is 15.9 Å². The van der Waals surface area contributed by atoms with Gasteiger partial charge in [-0.3, -0.25) is 0 Å². The molecule has 12 heavy (non-hydrogen) atoms. The molecule has 1 aromatic rings. The normalized spacial score (nSPS) is 10.2. The third-order valence-electron chi connectivity index (χ3n) is 1.53. The van der Waals surface area contributed by atoms with Gasteiger partial charge >= 0.3 is 0 Å². The number of hydrogen-bond donors (Lipinski definition) is 3. The predicted octanol–water partition coefficient (Wildman–Crippen LogP) is 1.40. The topological polar surface area (TPSA) is 60.7 Å². The fraction of sp³-hybridized carbons (Fsp3) is 0.250. The smallest absolute Gasteiger partial charge is 0.130 e. The summed E-state index contributed by atoms with van der Waals surface area (Å²) in [4.78, 5) is 0. The lowest BCUT2D eigenvalue weighted by Gasteiger charge is -2.04. The van der Waals surface area contributed by atoms with E-state index in [9.17, 15) is 10.2 Å². The van der Waals surface area contributed by atoms with Crippen molar-refractivity contribution in [1.29, 1.82) is 0 Å². The number of halogens is 1. The van der Waals surface area contributed by atoms with E-state index in [0.717, 1.165) is 0 Å². The molecule has 1 aromatic carbocycles. The molecule has 0 aromatic heterocycles. The molecule has 0 bridgehead atoms. The van der Waals surface area contributed by atoms with E-state index >= 15 is 0 Å². The first kappa shape index (κ1) is 9.35. The Hall–Kier alpha value is -0.740. The monoisotopic (exact) mass is 232 g/mol. The summed E-state index contributed by atoms with van der Waals surface area (Å²) in [5.74, 6) is 0.143. The predicted molar refractivity (Wildman–Crippen MR) is 48.3 cm³/mol. The van der Waals surface area contributed by atoms with Gasteiger partial charge in [0.1, 0.15) is 11.5 Å². The van der Waals surface area contributed by atoms with E-state index in [4.69, 9.17) is 5.11 Å². The molecule has 4 heteroatoms. The largest absolute Gasteiger partial charge is 0.508 e. The number of rotatable bonds is 2. The quantitative estimate of drug-likeness (QED) is 0.676. The first-order valence-corrected chi connectivity index (χ1v) is 4.25. The van der Waals surface area contributed by atoms with Crippen LogP contribution in [0.2, 0.25) is 0 Å². The minimum Gasteiger partial charge on any atom is -0.508 e. The van der Waals surface area contributed by atoms with Gasteiger partial charge in [-0.05, 0) is 40.0 Å². The van der Waals surface area contributed by atoms with Gasteiger partial charge in [0.25, 0.3) is 0 Å². The van der Waals surface area contributed by atoms with Crippen LogP contribution < -0.4 is 0 Å². The summed E-state index contributed by atoms with van der Waals surface area (Å²) in [5, 5.41) is 27.1. The van der Waals surface area contributed by atoms with Crippen molar-refractivity contribution in [2.45, 2.75) is 6.42 Å². The van der Waals surface area contributed by atoms with Crippen LogP contribution in [-0.2, 0) is 6.42 Å². The van der Waals surface area contributed by atoms with Gasteiger partial charge in [0.15, 0.2) is 0 Å². The molecule has 1 rings (SSSR count). The summed E-state index contributed by atoms with van der Waals surface area (Å²) >= 11 is 3.06. The van der Waals surface area contributed by atoms with Gasteiger partial charge in [0.2, 0.25) is 0 Å². The second-order valence-corrected chi connectivity index (χ2v) is 3.26. The van der Waals surface area contributed by atoms with Gasteiger partial charge in [0, 0.05) is 6.61 Å². The Morgan fingerprint density at radius 3 is 2.42 bits per heavy atom. The van der Waals surface area contributed by atoms with Crippen molar-refractivity contribution in [3.63, 3.8) is 0 Å². The lowest BCUT2D eigenvalue weighted by molar-refractivity contribution is 0.297. The number of phenols is 2. The standard InChI is InChI=1S/C8H9BrO3/c9-6-4-7(11)5(1-2-10)3-8(6)12/h3-4,10-12H,1-2H2. The molecule has 0 aliphatic rings. The molecule has 0 saturated heterocycles. The maximum Gasteiger partial charge on any atom is 0.130 e. The fourth-order valence-electron chi connectivity index (χ4n) is 0.915. The average Bonchev–Trinajstić information content (AvgIpc) is 2.01. The molecular formula is C8H9BrO3. The van der Waals surface area contributed by atoms with E-state index in [-0.39, 0.29) is 18.1 Å². The van der Waals surface area contributed by atoms with Crippen molar-refractivity contribution in [1.82, 2.24) is 0 Å². The number of phenolic OH excluding ortho intramolecular Hbond substituents is 2. The number of aliphatic hydroxyl groups excluding tert-OH is 1. The van der Waals surface area contributed by atoms with Crippen LogP contribution in [-0.4, -0.2) is 21.9 Å².